The first kappa shape index (κ1) is 20.2. The van der Waals surface area contributed by atoms with E-state index >= 15 is 0 Å². The molecule has 146 valence electrons. The zero-order chi connectivity index (χ0) is 19.1. The molecule has 1 aliphatic carbocycles. The molecule has 0 radical (unpaired) electrons. The molecule has 27 heavy (non-hydrogen) atoms. The van der Waals surface area contributed by atoms with Crippen molar-refractivity contribution < 1.29 is 5.11 Å². The first-order valence-electron chi connectivity index (χ1n) is 10.5. The normalized spacial score (nSPS) is 17.9. The minimum atomic E-state index is -0.440. The fraction of sp³-hybridized carbons (Fsp3) is 0.500. The number of unbranched alkanes of at least 4 members (excludes halogenated alkanes) is 2. The number of aryl methyl sites for hydroxylation is 1. The maximum Gasteiger partial charge on any atom is 0.0809 e. The van der Waals surface area contributed by atoms with Gasteiger partial charge in [0.2, 0.25) is 0 Å². The highest BCUT2D eigenvalue weighted by molar-refractivity contribution is 7.09. The predicted octanol–water partition coefficient (Wildman–Crippen LogP) is 6.76. The molecule has 0 bridgehead atoms. The first-order valence-corrected chi connectivity index (χ1v) is 11.4. The summed E-state index contributed by atoms with van der Waals surface area (Å²) < 4.78 is 0. The van der Waals surface area contributed by atoms with Crippen molar-refractivity contribution in [1.82, 2.24) is 0 Å². The fourth-order valence-corrected chi connectivity index (χ4v) is 4.95. The van der Waals surface area contributed by atoms with Crippen LogP contribution in [0.5, 0.6) is 0 Å². The number of nitrogens with two attached hydrogens (primary N) is 1. The van der Waals surface area contributed by atoms with E-state index in [1.807, 2.05) is 17.4 Å². The molecular weight excluding hydrogens is 350 g/mol. The zero-order valence-corrected chi connectivity index (χ0v) is 17.3. The monoisotopic (exact) mass is 383 g/mol. The number of benzene rings is 1. The minimum absolute atomic E-state index is 0.440. The van der Waals surface area contributed by atoms with Crippen molar-refractivity contribution in [3.63, 3.8) is 0 Å². The van der Waals surface area contributed by atoms with Crippen molar-refractivity contribution in [2.45, 2.75) is 70.8 Å². The summed E-state index contributed by atoms with van der Waals surface area (Å²) >= 11 is 1.86. The molecule has 1 unspecified atom stereocenters. The lowest BCUT2D eigenvalue weighted by atomic mass is 9.89. The largest absolute Gasteiger partial charge is 0.398 e. The van der Waals surface area contributed by atoms with Crippen molar-refractivity contribution in [2.75, 3.05) is 5.73 Å². The van der Waals surface area contributed by atoms with Gasteiger partial charge in [-0.1, -0.05) is 50.5 Å². The highest BCUT2D eigenvalue weighted by Gasteiger charge is 2.21. The summed E-state index contributed by atoms with van der Waals surface area (Å²) in [5, 5.41) is 12.6. The first-order chi connectivity index (χ1) is 13.2. The van der Waals surface area contributed by atoms with Crippen molar-refractivity contribution in [2.24, 2.45) is 5.92 Å². The molecule has 2 atom stereocenters. The topological polar surface area (TPSA) is 46.2 Å². The number of rotatable bonds is 10. The van der Waals surface area contributed by atoms with Crippen LogP contribution in [0.4, 0.5) is 5.69 Å². The van der Waals surface area contributed by atoms with E-state index in [4.69, 9.17) is 5.73 Å². The molecule has 3 rings (SSSR count). The Balaban J connectivity index is 1.60. The summed E-state index contributed by atoms with van der Waals surface area (Å²) in [4.78, 5) is 1.49. The van der Waals surface area contributed by atoms with Crippen molar-refractivity contribution in [1.29, 1.82) is 0 Å². The smallest absolute Gasteiger partial charge is 0.0809 e. The second kappa shape index (κ2) is 10.1. The molecule has 0 fully saturated rings. The van der Waals surface area contributed by atoms with Gasteiger partial charge in [0.25, 0.3) is 0 Å². The average molecular weight is 384 g/mol. The van der Waals surface area contributed by atoms with Crippen molar-refractivity contribution >= 4 is 22.6 Å². The Hall–Kier alpha value is -1.58. The van der Waals surface area contributed by atoms with E-state index < -0.39 is 6.10 Å². The number of thiophene rings is 1. The number of hydrogen-bond acceptors (Lipinski definition) is 3. The molecule has 1 aliphatic rings. The number of allylic oxidation sites excluding steroid dienone is 2. The summed E-state index contributed by atoms with van der Waals surface area (Å²) in [7, 11) is 0. The Morgan fingerprint density at radius 2 is 2.11 bits per heavy atom. The lowest BCUT2D eigenvalue weighted by molar-refractivity contribution is 0.164. The molecule has 2 nitrogen and oxygen atoms in total. The van der Waals surface area contributed by atoms with Gasteiger partial charge in [-0.2, -0.15) is 0 Å². The highest BCUT2D eigenvalue weighted by atomic mass is 32.1. The fourth-order valence-electron chi connectivity index (χ4n) is 4.19. The third kappa shape index (κ3) is 5.46. The maximum atomic E-state index is 10.4. The molecule has 2 aromatic rings. The van der Waals surface area contributed by atoms with Gasteiger partial charge < -0.3 is 10.8 Å². The van der Waals surface area contributed by atoms with Crippen LogP contribution in [0.3, 0.4) is 0 Å². The summed E-state index contributed by atoms with van der Waals surface area (Å²) in [6.45, 7) is 2.18. The lowest BCUT2D eigenvalue weighted by Crippen LogP contribution is -2.05. The Morgan fingerprint density at radius 3 is 2.85 bits per heavy atom. The van der Waals surface area contributed by atoms with Crippen LogP contribution in [0.25, 0.3) is 5.57 Å². The molecule has 1 aromatic heterocycles. The molecule has 1 heterocycles. The van der Waals surface area contributed by atoms with E-state index in [2.05, 4.69) is 42.6 Å². The van der Waals surface area contributed by atoms with Crippen LogP contribution in [0, 0.1) is 5.92 Å². The van der Waals surface area contributed by atoms with Crippen molar-refractivity contribution in [3.8, 4) is 0 Å². The molecule has 0 aliphatic heterocycles. The van der Waals surface area contributed by atoms with Gasteiger partial charge in [-0.25, -0.2) is 0 Å². The molecule has 3 N–H and O–H groups in total. The lowest BCUT2D eigenvalue weighted by Gasteiger charge is -2.18. The van der Waals surface area contributed by atoms with E-state index in [0.717, 1.165) is 30.5 Å². The van der Waals surface area contributed by atoms with Crippen LogP contribution in [-0.4, -0.2) is 5.11 Å². The van der Waals surface area contributed by atoms with Crippen LogP contribution >= 0.6 is 11.3 Å². The molecule has 0 saturated heterocycles. The van der Waals surface area contributed by atoms with Crippen LogP contribution in [0.2, 0.25) is 0 Å². The molecule has 3 heteroatoms. The van der Waals surface area contributed by atoms with E-state index in [1.54, 1.807) is 0 Å². The van der Waals surface area contributed by atoms with Crippen molar-refractivity contribution in [3.05, 3.63) is 57.8 Å². The van der Waals surface area contributed by atoms with Gasteiger partial charge in [-0.15, -0.1) is 11.3 Å². The van der Waals surface area contributed by atoms with Gasteiger partial charge >= 0.3 is 0 Å². The standard InChI is InChI=1S/C24H33NOS/c1-2-3-4-13-24(26)22-15-14-19(17-23(22)25)21-12-6-9-18(21)8-5-10-20-11-7-16-27-20/h7,11-12,14-18,24,26H,2-6,8-10,13,25H2,1H3/t18-,24?/m0/s1. The number of anilines is 1. The summed E-state index contributed by atoms with van der Waals surface area (Å²) in [5.41, 5.74) is 10.7. The SMILES string of the molecule is CCCCCC(O)c1ccc(C2=CCC[C@@H]2CCCc2cccs2)cc1N. The predicted molar refractivity (Wildman–Crippen MR) is 118 cm³/mol. The number of nitrogen functional groups attached to an aromatic ring is 1. The summed E-state index contributed by atoms with van der Waals surface area (Å²) in [6, 6.07) is 10.7. The van der Waals surface area contributed by atoms with Gasteiger partial charge in [0.1, 0.15) is 0 Å². The molecule has 0 saturated carbocycles. The number of aliphatic hydroxyl groups excluding tert-OH is 1. The van der Waals surface area contributed by atoms with Gasteiger partial charge in [-0.3, -0.25) is 0 Å². The summed E-state index contributed by atoms with van der Waals surface area (Å²) in [5.74, 6) is 0.643. The Bertz CT molecular complexity index is 735. The van der Waals surface area contributed by atoms with Gasteiger partial charge in [0, 0.05) is 16.1 Å². The zero-order valence-electron chi connectivity index (χ0n) is 16.5. The minimum Gasteiger partial charge on any atom is -0.398 e. The number of aliphatic hydroxyl groups is 1. The summed E-state index contributed by atoms with van der Waals surface area (Å²) in [6.07, 6.45) is 12.2. The second-order valence-corrected chi connectivity index (χ2v) is 8.79. The second-order valence-electron chi connectivity index (χ2n) is 7.76. The molecule has 0 spiro atoms. The van der Waals surface area contributed by atoms with E-state index in [9.17, 15) is 5.11 Å². The molecule has 0 amide bonds. The van der Waals surface area contributed by atoms with Gasteiger partial charge in [0.05, 0.1) is 6.10 Å². The Labute approximate surface area is 168 Å². The Kier molecular flexibility index (Phi) is 7.54. The molecular formula is C24H33NOS. The average Bonchev–Trinajstić information content (AvgIpc) is 3.34. The van der Waals surface area contributed by atoms with Crippen LogP contribution in [-0.2, 0) is 6.42 Å². The van der Waals surface area contributed by atoms with E-state index in [0.29, 0.717) is 5.92 Å². The van der Waals surface area contributed by atoms with E-state index in [1.165, 1.54) is 54.5 Å². The highest BCUT2D eigenvalue weighted by Crippen LogP contribution is 2.39. The van der Waals surface area contributed by atoms with Crippen LogP contribution < -0.4 is 5.73 Å². The third-order valence-electron chi connectivity index (χ3n) is 5.74. The van der Waals surface area contributed by atoms with Crippen LogP contribution in [0.15, 0.2) is 41.8 Å². The van der Waals surface area contributed by atoms with Gasteiger partial charge in [0.15, 0.2) is 0 Å². The Morgan fingerprint density at radius 1 is 1.22 bits per heavy atom. The van der Waals surface area contributed by atoms with Crippen LogP contribution in [0.1, 0.15) is 80.4 Å². The molecule has 1 aromatic carbocycles. The van der Waals surface area contributed by atoms with E-state index in [-0.39, 0.29) is 0 Å². The maximum absolute atomic E-state index is 10.4. The number of hydrogen-bond donors (Lipinski definition) is 2. The van der Waals surface area contributed by atoms with Gasteiger partial charge in [-0.05, 0) is 73.1 Å². The third-order valence-corrected chi connectivity index (χ3v) is 6.67. The quantitative estimate of drug-likeness (QED) is 0.352.